The molecule has 4 aromatic rings. The highest BCUT2D eigenvalue weighted by Gasteiger charge is 2.11. The SMILES string of the molecule is O=C(Cc1ccc(C=NNC(=O)c2ccc(O)c(Cl)c2)c2ccccc12)NCc1ccc(Cl)c(Cl)c1. The second kappa shape index (κ2) is 11.4. The zero-order valence-electron chi connectivity index (χ0n) is 18.8. The molecule has 0 bridgehead atoms. The van der Waals surface area contributed by atoms with E-state index in [1.165, 1.54) is 24.4 Å². The summed E-state index contributed by atoms with van der Waals surface area (Å²) in [5, 5.41) is 19.2. The third-order valence-electron chi connectivity index (χ3n) is 5.45. The Morgan fingerprint density at radius 1 is 0.861 bits per heavy atom. The molecule has 36 heavy (non-hydrogen) atoms. The molecule has 0 atom stereocenters. The average molecular weight is 541 g/mol. The fraction of sp³-hybridized carbons (Fsp3) is 0.0741. The summed E-state index contributed by atoms with van der Waals surface area (Å²) in [5.41, 5.74) is 5.20. The van der Waals surface area contributed by atoms with Crippen molar-refractivity contribution < 1.29 is 14.7 Å². The molecule has 0 aromatic heterocycles. The van der Waals surface area contributed by atoms with Crippen LogP contribution in [-0.4, -0.2) is 23.1 Å². The lowest BCUT2D eigenvalue weighted by atomic mass is 9.98. The Hall–Kier alpha value is -3.58. The molecule has 182 valence electrons. The van der Waals surface area contributed by atoms with Crippen molar-refractivity contribution in [3.05, 3.63) is 110 Å². The number of phenols is 1. The molecule has 0 aliphatic rings. The predicted molar refractivity (Wildman–Crippen MR) is 144 cm³/mol. The largest absolute Gasteiger partial charge is 0.506 e. The summed E-state index contributed by atoms with van der Waals surface area (Å²) < 4.78 is 0. The molecule has 2 amide bonds. The number of carbonyl (C=O) groups is 2. The lowest BCUT2D eigenvalue weighted by Crippen LogP contribution is -2.24. The number of carbonyl (C=O) groups excluding carboxylic acids is 2. The fourth-order valence-corrected chi connectivity index (χ4v) is 4.11. The van der Waals surface area contributed by atoms with Crippen LogP contribution in [0, 0.1) is 0 Å². The Kier molecular flexibility index (Phi) is 8.10. The Bertz CT molecular complexity index is 1490. The molecule has 0 aliphatic carbocycles. The molecule has 0 fully saturated rings. The van der Waals surface area contributed by atoms with Gasteiger partial charge in [0.15, 0.2) is 0 Å². The monoisotopic (exact) mass is 539 g/mol. The zero-order valence-corrected chi connectivity index (χ0v) is 21.0. The molecule has 0 unspecified atom stereocenters. The third kappa shape index (κ3) is 6.15. The molecule has 0 spiro atoms. The fourth-order valence-electron chi connectivity index (χ4n) is 3.61. The number of hydrogen-bond acceptors (Lipinski definition) is 4. The second-order valence-corrected chi connectivity index (χ2v) is 9.15. The van der Waals surface area contributed by atoms with Crippen LogP contribution < -0.4 is 10.7 Å². The third-order valence-corrected chi connectivity index (χ3v) is 6.49. The minimum Gasteiger partial charge on any atom is -0.506 e. The van der Waals surface area contributed by atoms with E-state index in [4.69, 9.17) is 34.8 Å². The van der Waals surface area contributed by atoms with E-state index in [-0.39, 0.29) is 28.7 Å². The van der Waals surface area contributed by atoms with Crippen LogP contribution in [0.2, 0.25) is 15.1 Å². The number of benzene rings is 4. The number of nitrogens with one attached hydrogen (secondary N) is 2. The minimum atomic E-state index is -0.465. The van der Waals surface area contributed by atoms with Crippen molar-refractivity contribution >= 4 is 63.6 Å². The van der Waals surface area contributed by atoms with Crippen LogP contribution in [-0.2, 0) is 17.8 Å². The Labute approximate surface area is 222 Å². The van der Waals surface area contributed by atoms with E-state index in [1.54, 1.807) is 12.1 Å². The summed E-state index contributed by atoms with van der Waals surface area (Å²) in [6.07, 6.45) is 1.73. The molecule has 6 nitrogen and oxygen atoms in total. The maximum absolute atomic E-state index is 12.6. The summed E-state index contributed by atoms with van der Waals surface area (Å²) in [7, 11) is 0. The summed E-state index contributed by atoms with van der Waals surface area (Å²) in [5.74, 6) is -0.702. The molecule has 9 heteroatoms. The normalized spacial score (nSPS) is 11.1. The van der Waals surface area contributed by atoms with E-state index in [0.29, 0.717) is 16.6 Å². The topological polar surface area (TPSA) is 90.8 Å². The van der Waals surface area contributed by atoms with E-state index in [0.717, 1.165) is 27.5 Å². The molecular weight excluding hydrogens is 521 g/mol. The van der Waals surface area contributed by atoms with Crippen molar-refractivity contribution in [2.75, 3.05) is 0 Å². The highest BCUT2D eigenvalue weighted by Crippen LogP contribution is 2.25. The number of hydrogen-bond donors (Lipinski definition) is 3. The van der Waals surface area contributed by atoms with Gasteiger partial charge >= 0.3 is 0 Å². The van der Waals surface area contributed by atoms with Crippen molar-refractivity contribution in [2.24, 2.45) is 5.10 Å². The van der Waals surface area contributed by atoms with Crippen LogP contribution in [0.15, 0.2) is 77.9 Å². The maximum atomic E-state index is 12.6. The first-order valence-electron chi connectivity index (χ1n) is 10.8. The van der Waals surface area contributed by atoms with Crippen LogP contribution in [0.4, 0.5) is 0 Å². The van der Waals surface area contributed by atoms with E-state index in [2.05, 4.69) is 15.8 Å². The molecule has 4 aromatic carbocycles. The second-order valence-electron chi connectivity index (χ2n) is 7.93. The van der Waals surface area contributed by atoms with Gasteiger partial charge in [-0.05, 0) is 52.2 Å². The first kappa shape index (κ1) is 25.5. The van der Waals surface area contributed by atoms with Crippen molar-refractivity contribution in [3.8, 4) is 5.75 Å². The van der Waals surface area contributed by atoms with Gasteiger partial charge < -0.3 is 10.4 Å². The number of fused-ring (bicyclic) bond motifs is 1. The van der Waals surface area contributed by atoms with Gasteiger partial charge in [0.25, 0.3) is 5.91 Å². The molecule has 0 aliphatic heterocycles. The van der Waals surface area contributed by atoms with Crippen molar-refractivity contribution in [1.29, 1.82) is 0 Å². The highest BCUT2D eigenvalue weighted by atomic mass is 35.5. The first-order chi connectivity index (χ1) is 17.3. The van der Waals surface area contributed by atoms with Gasteiger partial charge in [-0.25, -0.2) is 5.43 Å². The molecule has 0 saturated carbocycles. The number of halogens is 3. The summed E-state index contributed by atoms with van der Waals surface area (Å²) in [6, 6.07) is 20.7. The number of amides is 2. The standard InChI is InChI=1S/C27H20Cl3N3O3/c28-22-9-5-16(11-23(22)29)14-31-26(35)13-17-6-7-19(21-4-2-1-3-20(17)21)15-32-33-27(36)18-8-10-25(34)24(30)12-18/h1-12,15,34H,13-14H2,(H,31,35)(H,33,36). The molecule has 0 saturated heterocycles. The summed E-state index contributed by atoms with van der Waals surface area (Å²) >= 11 is 17.8. The van der Waals surface area contributed by atoms with Crippen molar-refractivity contribution in [3.63, 3.8) is 0 Å². The zero-order chi connectivity index (χ0) is 25.7. The molecule has 0 radical (unpaired) electrons. The van der Waals surface area contributed by atoms with Gasteiger partial charge in [0.05, 0.1) is 27.7 Å². The first-order valence-corrected chi connectivity index (χ1v) is 12.0. The van der Waals surface area contributed by atoms with Gasteiger partial charge in [0.2, 0.25) is 5.91 Å². The molecule has 3 N–H and O–H groups in total. The number of rotatable bonds is 7. The quantitative estimate of drug-likeness (QED) is 0.195. The summed E-state index contributed by atoms with van der Waals surface area (Å²) in [6.45, 7) is 0.338. The van der Waals surface area contributed by atoms with Crippen LogP contribution >= 0.6 is 34.8 Å². The Balaban J connectivity index is 1.45. The average Bonchev–Trinajstić information content (AvgIpc) is 2.87. The van der Waals surface area contributed by atoms with E-state index >= 15 is 0 Å². The van der Waals surface area contributed by atoms with E-state index < -0.39 is 5.91 Å². The lowest BCUT2D eigenvalue weighted by molar-refractivity contribution is -0.120. The Morgan fingerprint density at radius 2 is 1.64 bits per heavy atom. The number of hydrazone groups is 1. The van der Waals surface area contributed by atoms with Gasteiger partial charge in [0.1, 0.15) is 5.75 Å². The maximum Gasteiger partial charge on any atom is 0.271 e. The molecule has 4 rings (SSSR count). The van der Waals surface area contributed by atoms with Crippen LogP contribution in [0.1, 0.15) is 27.0 Å². The van der Waals surface area contributed by atoms with Crippen LogP contribution in [0.5, 0.6) is 5.75 Å². The highest BCUT2D eigenvalue weighted by molar-refractivity contribution is 6.42. The van der Waals surface area contributed by atoms with Crippen molar-refractivity contribution in [2.45, 2.75) is 13.0 Å². The number of phenolic OH excluding ortho intramolecular Hbond substituents is 1. The number of aromatic hydroxyl groups is 1. The van der Waals surface area contributed by atoms with Crippen LogP contribution in [0.25, 0.3) is 10.8 Å². The van der Waals surface area contributed by atoms with Crippen LogP contribution in [0.3, 0.4) is 0 Å². The Morgan fingerprint density at radius 3 is 2.39 bits per heavy atom. The van der Waals surface area contributed by atoms with E-state index in [9.17, 15) is 14.7 Å². The lowest BCUT2D eigenvalue weighted by Gasteiger charge is -2.10. The van der Waals surface area contributed by atoms with Gasteiger partial charge in [-0.15, -0.1) is 0 Å². The predicted octanol–water partition coefficient (Wildman–Crippen LogP) is 6.13. The van der Waals surface area contributed by atoms with E-state index in [1.807, 2.05) is 42.5 Å². The summed E-state index contributed by atoms with van der Waals surface area (Å²) in [4.78, 5) is 24.9. The molecule has 0 heterocycles. The van der Waals surface area contributed by atoms with Gasteiger partial charge in [-0.2, -0.15) is 5.10 Å². The van der Waals surface area contributed by atoms with Gasteiger partial charge in [0, 0.05) is 17.7 Å². The smallest absolute Gasteiger partial charge is 0.271 e. The van der Waals surface area contributed by atoms with Gasteiger partial charge in [-0.1, -0.05) is 77.3 Å². The minimum absolute atomic E-state index is 0.0780. The van der Waals surface area contributed by atoms with Gasteiger partial charge in [-0.3, -0.25) is 9.59 Å². The van der Waals surface area contributed by atoms with Crippen molar-refractivity contribution in [1.82, 2.24) is 10.7 Å². The molecular formula is C27H20Cl3N3O3. The number of nitrogens with zero attached hydrogens (tertiary/aromatic N) is 1.